The smallest absolute Gasteiger partial charge is 0.335 e. The summed E-state index contributed by atoms with van der Waals surface area (Å²) in [5.74, 6) is -2.13. The molecule has 1 heterocycles. The fourth-order valence-corrected chi connectivity index (χ4v) is 1.44. The normalized spacial score (nSPS) is 8.94. The average molecular weight is 250 g/mol. The number of rotatable bonds is 2. The third-order valence-corrected chi connectivity index (χ3v) is 2.43. The second kappa shape index (κ2) is 6.44. The first kappa shape index (κ1) is 12.9. The maximum Gasteiger partial charge on any atom is 0.335 e. The summed E-state index contributed by atoms with van der Waals surface area (Å²) in [6, 6.07) is 9.06. The molecule has 0 atom stereocenters. The van der Waals surface area contributed by atoms with E-state index in [0.29, 0.717) is 0 Å². The van der Waals surface area contributed by atoms with Crippen LogP contribution in [0, 0.1) is 0 Å². The summed E-state index contributed by atoms with van der Waals surface area (Å²) in [5, 5.41) is 21.0. The molecular formula is C12H10O4S. The Morgan fingerprint density at radius 2 is 1.18 bits per heavy atom. The molecule has 5 heteroatoms. The number of carbonyl (C=O) groups is 2. The van der Waals surface area contributed by atoms with Crippen molar-refractivity contribution in [3.05, 3.63) is 58.3 Å². The zero-order valence-electron chi connectivity index (χ0n) is 8.74. The van der Waals surface area contributed by atoms with Gasteiger partial charge in [-0.15, -0.1) is 0 Å². The number of thiophene rings is 1. The van der Waals surface area contributed by atoms with E-state index in [-0.39, 0.29) is 11.1 Å². The lowest BCUT2D eigenvalue weighted by molar-refractivity contribution is 0.0681. The number of carboxylic acid groups (broad SMARTS) is 2. The Morgan fingerprint density at radius 1 is 0.824 bits per heavy atom. The highest BCUT2D eigenvalue weighted by atomic mass is 32.1. The minimum absolute atomic E-state index is 0.0833. The maximum absolute atomic E-state index is 10.3. The Hall–Kier alpha value is -2.14. The summed E-state index contributed by atoms with van der Waals surface area (Å²) < 4.78 is 0. The molecule has 1 aromatic carbocycles. The first-order chi connectivity index (χ1) is 8.11. The van der Waals surface area contributed by atoms with Gasteiger partial charge in [-0.2, -0.15) is 11.3 Å². The molecule has 0 bridgehead atoms. The Bertz CT molecular complexity index is 423. The molecule has 2 N–H and O–H groups in total. The van der Waals surface area contributed by atoms with Gasteiger partial charge in [0, 0.05) is 0 Å². The van der Waals surface area contributed by atoms with E-state index >= 15 is 0 Å². The van der Waals surface area contributed by atoms with Crippen molar-refractivity contribution in [2.24, 2.45) is 0 Å². The predicted octanol–water partition coefficient (Wildman–Crippen LogP) is 2.83. The van der Waals surface area contributed by atoms with Crippen LogP contribution < -0.4 is 0 Å². The van der Waals surface area contributed by atoms with Crippen molar-refractivity contribution < 1.29 is 19.8 Å². The second-order valence-corrected chi connectivity index (χ2v) is 3.80. The van der Waals surface area contributed by atoms with E-state index in [1.54, 1.807) is 11.3 Å². The molecule has 0 saturated carbocycles. The molecule has 4 nitrogen and oxygen atoms in total. The molecule has 0 aliphatic heterocycles. The molecule has 0 unspecified atom stereocenters. The highest BCUT2D eigenvalue weighted by molar-refractivity contribution is 7.07. The lowest BCUT2D eigenvalue weighted by atomic mass is 10.1. The third-order valence-electron chi connectivity index (χ3n) is 1.80. The van der Waals surface area contributed by atoms with Crippen LogP contribution in [0.3, 0.4) is 0 Å². The summed E-state index contributed by atoms with van der Waals surface area (Å²) in [6.07, 6.45) is 0. The highest BCUT2D eigenvalue weighted by Gasteiger charge is 2.04. The summed E-state index contributed by atoms with van der Waals surface area (Å²) in [4.78, 5) is 20.7. The molecule has 0 saturated heterocycles. The van der Waals surface area contributed by atoms with Crippen LogP contribution in [0.1, 0.15) is 20.7 Å². The molecule has 17 heavy (non-hydrogen) atoms. The summed E-state index contributed by atoms with van der Waals surface area (Å²) in [7, 11) is 0. The Morgan fingerprint density at radius 3 is 1.35 bits per heavy atom. The first-order valence-corrected chi connectivity index (χ1v) is 5.59. The molecule has 1 aromatic heterocycles. The second-order valence-electron chi connectivity index (χ2n) is 2.98. The van der Waals surface area contributed by atoms with Crippen molar-refractivity contribution in [3.63, 3.8) is 0 Å². The van der Waals surface area contributed by atoms with Crippen molar-refractivity contribution in [1.29, 1.82) is 0 Å². The third kappa shape index (κ3) is 4.48. The summed E-state index contributed by atoms with van der Waals surface area (Å²) in [5.41, 5.74) is 0.167. The van der Waals surface area contributed by atoms with Crippen molar-refractivity contribution in [2.75, 3.05) is 0 Å². The molecular weight excluding hydrogens is 240 g/mol. The van der Waals surface area contributed by atoms with Crippen LogP contribution in [0.4, 0.5) is 0 Å². The van der Waals surface area contributed by atoms with Gasteiger partial charge in [0.1, 0.15) is 0 Å². The number of hydrogen-bond donors (Lipinski definition) is 2. The minimum atomic E-state index is -1.06. The standard InChI is InChI=1S/C8H6O4.C4H4S/c9-7(10)5-1-2-6(4-3-5)8(11)12;1-2-4-5-3-1/h1-4H,(H,9,10)(H,11,12);1-4H. The quantitative estimate of drug-likeness (QED) is 0.859. The Kier molecular flexibility index (Phi) is 4.90. The monoisotopic (exact) mass is 250 g/mol. The fraction of sp³-hybridized carbons (Fsp3) is 0. The topological polar surface area (TPSA) is 74.6 Å². The largest absolute Gasteiger partial charge is 0.478 e. The fourth-order valence-electron chi connectivity index (χ4n) is 0.982. The van der Waals surface area contributed by atoms with E-state index in [4.69, 9.17) is 10.2 Å². The van der Waals surface area contributed by atoms with Gasteiger partial charge in [0.05, 0.1) is 11.1 Å². The van der Waals surface area contributed by atoms with Gasteiger partial charge in [0.2, 0.25) is 0 Å². The Labute approximate surface area is 102 Å². The molecule has 88 valence electrons. The molecule has 0 aliphatic rings. The molecule has 0 radical (unpaired) electrons. The van der Waals surface area contributed by atoms with Crippen LogP contribution in [0.5, 0.6) is 0 Å². The Balaban J connectivity index is 0.000000239. The van der Waals surface area contributed by atoms with Crippen LogP contribution in [0.2, 0.25) is 0 Å². The van der Waals surface area contributed by atoms with E-state index in [0.717, 1.165) is 0 Å². The van der Waals surface area contributed by atoms with E-state index in [9.17, 15) is 9.59 Å². The van der Waals surface area contributed by atoms with Gasteiger partial charge in [-0.25, -0.2) is 9.59 Å². The number of hydrogen-bond acceptors (Lipinski definition) is 3. The van der Waals surface area contributed by atoms with Crippen LogP contribution in [0.25, 0.3) is 0 Å². The zero-order valence-corrected chi connectivity index (χ0v) is 9.55. The van der Waals surface area contributed by atoms with Gasteiger partial charge in [-0.3, -0.25) is 0 Å². The van der Waals surface area contributed by atoms with Crippen LogP contribution >= 0.6 is 11.3 Å². The van der Waals surface area contributed by atoms with Gasteiger partial charge in [0.25, 0.3) is 0 Å². The maximum atomic E-state index is 10.3. The van der Waals surface area contributed by atoms with E-state index in [1.807, 2.05) is 22.9 Å². The average Bonchev–Trinajstić information content (AvgIpc) is 2.87. The van der Waals surface area contributed by atoms with Crippen molar-refractivity contribution in [3.8, 4) is 0 Å². The number of aromatic carboxylic acids is 2. The molecule has 0 fully saturated rings. The number of carboxylic acids is 2. The SMILES string of the molecule is O=C(O)c1ccc(C(=O)O)cc1.c1ccsc1. The number of benzene rings is 1. The van der Waals surface area contributed by atoms with Gasteiger partial charge >= 0.3 is 11.9 Å². The highest BCUT2D eigenvalue weighted by Crippen LogP contribution is 2.03. The summed E-state index contributed by atoms with van der Waals surface area (Å²) >= 11 is 1.71. The van der Waals surface area contributed by atoms with Crippen LogP contribution in [-0.2, 0) is 0 Å². The zero-order chi connectivity index (χ0) is 12.7. The van der Waals surface area contributed by atoms with Gasteiger partial charge in [-0.1, -0.05) is 12.1 Å². The van der Waals surface area contributed by atoms with Crippen molar-refractivity contribution in [2.45, 2.75) is 0 Å². The van der Waals surface area contributed by atoms with Crippen molar-refractivity contribution in [1.82, 2.24) is 0 Å². The van der Waals surface area contributed by atoms with E-state index < -0.39 is 11.9 Å². The minimum Gasteiger partial charge on any atom is -0.478 e. The predicted molar refractivity (Wildman–Crippen MR) is 64.7 cm³/mol. The molecule has 2 aromatic rings. The van der Waals surface area contributed by atoms with Gasteiger partial charge in [-0.05, 0) is 35.0 Å². The lowest BCUT2D eigenvalue weighted by Gasteiger charge is -1.94. The lowest BCUT2D eigenvalue weighted by Crippen LogP contribution is -1.99. The first-order valence-electron chi connectivity index (χ1n) is 4.65. The van der Waals surface area contributed by atoms with Crippen LogP contribution in [-0.4, -0.2) is 22.2 Å². The van der Waals surface area contributed by atoms with E-state index in [2.05, 4.69) is 0 Å². The molecule has 0 amide bonds. The molecule has 0 spiro atoms. The van der Waals surface area contributed by atoms with Gasteiger partial charge in [0.15, 0.2) is 0 Å². The van der Waals surface area contributed by atoms with Crippen LogP contribution in [0.15, 0.2) is 47.2 Å². The molecule has 0 aliphatic carbocycles. The summed E-state index contributed by atoms with van der Waals surface area (Å²) in [6.45, 7) is 0. The van der Waals surface area contributed by atoms with E-state index in [1.165, 1.54) is 24.3 Å². The van der Waals surface area contributed by atoms with Gasteiger partial charge < -0.3 is 10.2 Å². The molecule has 2 rings (SSSR count). The van der Waals surface area contributed by atoms with Crippen molar-refractivity contribution >= 4 is 23.3 Å².